The van der Waals surface area contributed by atoms with Gasteiger partial charge in [0.2, 0.25) is 0 Å². The minimum Gasteiger partial charge on any atom is -0.444 e. The molecule has 2 N–H and O–H groups in total. The zero-order chi connectivity index (χ0) is 15.9. The molecule has 0 saturated carbocycles. The van der Waals surface area contributed by atoms with Crippen molar-refractivity contribution in [2.24, 2.45) is 0 Å². The summed E-state index contributed by atoms with van der Waals surface area (Å²) in [5.41, 5.74) is 2.17. The van der Waals surface area contributed by atoms with E-state index in [1.165, 1.54) is 11.1 Å². The second kappa shape index (κ2) is 8.03. The molecular formula is C17H28N2O2. The molecule has 0 saturated heterocycles. The Morgan fingerprint density at radius 1 is 1.24 bits per heavy atom. The normalized spacial score (nSPS) is 12.8. The van der Waals surface area contributed by atoms with Crippen LogP contribution in [0.25, 0.3) is 0 Å². The van der Waals surface area contributed by atoms with E-state index >= 15 is 0 Å². The van der Waals surface area contributed by atoms with Crippen molar-refractivity contribution in [1.29, 1.82) is 0 Å². The molecular weight excluding hydrogens is 264 g/mol. The molecule has 0 fully saturated rings. The van der Waals surface area contributed by atoms with E-state index in [0.29, 0.717) is 12.6 Å². The quantitative estimate of drug-likeness (QED) is 0.788. The molecule has 0 aliphatic carbocycles. The van der Waals surface area contributed by atoms with E-state index in [4.69, 9.17) is 4.74 Å². The minimum atomic E-state index is -0.443. The highest BCUT2D eigenvalue weighted by Crippen LogP contribution is 2.16. The predicted molar refractivity (Wildman–Crippen MR) is 86.5 cm³/mol. The number of amides is 1. The Morgan fingerprint density at radius 2 is 1.90 bits per heavy atom. The molecule has 1 aromatic carbocycles. The molecule has 1 amide bonds. The lowest BCUT2D eigenvalue weighted by atomic mass is 10.0. The molecule has 4 nitrogen and oxygen atoms in total. The molecule has 0 aliphatic rings. The lowest BCUT2D eigenvalue weighted by Crippen LogP contribution is -2.34. The summed E-state index contributed by atoms with van der Waals surface area (Å²) in [5.74, 6) is 0. The van der Waals surface area contributed by atoms with E-state index in [1.807, 2.05) is 20.8 Å². The van der Waals surface area contributed by atoms with Gasteiger partial charge in [0.05, 0.1) is 0 Å². The van der Waals surface area contributed by atoms with Gasteiger partial charge in [-0.05, 0) is 58.7 Å². The van der Waals surface area contributed by atoms with Crippen LogP contribution in [0, 0.1) is 6.92 Å². The Labute approximate surface area is 128 Å². The third kappa shape index (κ3) is 7.14. The number of rotatable bonds is 6. The molecule has 0 radical (unpaired) electrons. The summed E-state index contributed by atoms with van der Waals surface area (Å²) in [6.07, 6.45) is 0.518. The molecule has 1 unspecified atom stereocenters. The van der Waals surface area contributed by atoms with Gasteiger partial charge in [-0.1, -0.05) is 24.3 Å². The van der Waals surface area contributed by atoms with Crippen molar-refractivity contribution < 1.29 is 9.53 Å². The standard InChI is InChI=1S/C17H28N2O2/c1-13-9-6-7-10-15(13)14(2)18-11-8-12-19-16(20)21-17(3,4)5/h6-7,9-10,14,18H,8,11-12H2,1-5H3,(H,19,20). The van der Waals surface area contributed by atoms with Gasteiger partial charge < -0.3 is 15.4 Å². The summed E-state index contributed by atoms with van der Waals surface area (Å²) in [4.78, 5) is 11.5. The van der Waals surface area contributed by atoms with E-state index in [0.717, 1.165) is 13.0 Å². The number of ether oxygens (including phenoxy) is 1. The van der Waals surface area contributed by atoms with Crippen LogP contribution in [0.2, 0.25) is 0 Å². The SMILES string of the molecule is Cc1ccccc1C(C)NCCCNC(=O)OC(C)(C)C. The topological polar surface area (TPSA) is 50.4 Å². The van der Waals surface area contributed by atoms with Crippen LogP contribution in [-0.2, 0) is 4.74 Å². The molecule has 1 aromatic rings. The van der Waals surface area contributed by atoms with Crippen LogP contribution < -0.4 is 10.6 Å². The third-order valence-electron chi connectivity index (χ3n) is 3.13. The number of carbonyl (C=O) groups excluding carboxylic acids is 1. The van der Waals surface area contributed by atoms with Gasteiger partial charge in [0.25, 0.3) is 0 Å². The Bertz CT molecular complexity index is 452. The van der Waals surface area contributed by atoms with E-state index in [1.54, 1.807) is 0 Å². The number of aryl methyl sites for hydroxylation is 1. The van der Waals surface area contributed by atoms with Crippen LogP contribution in [0.1, 0.15) is 51.3 Å². The fourth-order valence-corrected chi connectivity index (χ4v) is 2.09. The van der Waals surface area contributed by atoms with E-state index < -0.39 is 5.60 Å². The van der Waals surface area contributed by atoms with Crippen molar-refractivity contribution in [3.05, 3.63) is 35.4 Å². The first-order valence-electron chi connectivity index (χ1n) is 7.55. The van der Waals surface area contributed by atoms with Crippen molar-refractivity contribution in [3.63, 3.8) is 0 Å². The highest BCUT2D eigenvalue weighted by Gasteiger charge is 2.15. The van der Waals surface area contributed by atoms with Crippen LogP contribution in [-0.4, -0.2) is 24.8 Å². The maximum absolute atomic E-state index is 11.5. The van der Waals surface area contributed by atoms with Crippen LogP contribution >= 0.6 is 0 Å². The number of hydrogen-bond donors (Lipinski definition) is 2. The first-order valence-corrected chi connectivity index (χ1v) is 7.55. The molecule has 0 bridgehead atoms. The Balaban J connectivity index is 2.20. The molecule has 118 valence electrons. The van der Waals surface area contributed by atoms with Gasteiger partial charge in [-0.2, -0.15) is 0 Å². The van der Waals surface area contributed by atoms with Crippen molar-refractivity contribution in [3.8, 4) is 0 Å². The molecule has 21 heavy (non-hydrogen) atoms. The number of carbonyl (C=O) groups is 1. The first kappa shape index (κ1) is 17.5. The van der Waals surface area contributed by atoms with Crippen molar-refractivity contribution in [2.45, 2.75) is 52.7 Å². The Morgan fingerprint density at radius 3 is 2.52 bits per heavy atom. The van der Waals surface area contributed by atoms with Gasteiger partial charge in [-0.15, -0.1) is 0 Å². The average molecular weight is 292 g/mol. The summed E-state index contributed by atoms with van der Waals surface area (Å²) < 4.78 is 5.18. The van der Waals surface area contributed by atoms with E-state index in [2.05, 4.69) is 48.7 Å². The molecule has 4 heteroatoms. The van der Waals surface area contributed by atoms with Crippen molar-refractivity contribution in [2.75, 3.05) is 13.1 Å². The number of nitrogens with one attached hydrogen (secondary N) is 2. The highest BCUT2D eigenvalue weighted by atomic mass is 16.6. The first-order chi connectivity index (χ1) is 9.79. The predicted octanol–water partition coefficient (Wildman–Crippen LogP) is 3.56. The molecule has 0 heterocycles. The lowest BCUT2D eigenvalue weighted by Gasteiger charge is -2.20. The summed E-state index contributed by atoms with van der Waals surface area (Å²) in [6.45, 7) is 11.3. The van der Waals surface area contributed by atoms with Gasteiger partial charge >= 0.3 is 6.09 Å². The second-order valence-corrected chi connectivity index (χ2v) is 6.31. The van der Waals surface area contributed by atoms with Crippen LogP contribution in [0.5, 0.6) is 0 Å². The van der Waals surface area contributed by atoms with Gasteiger partial charge in [-0.25, -0.2) is 4.79 Å². The van der Waals surface area contributed by atoms with Gasteiger partial charge in [0, 0.05) is 12.6 Å². The van der Waals surface area contributed by atoms with E-state index in [-0.39, 0.29) is 6.09 Å². The van der Waals surface area contributed by atoms with Crippen LogP contribution in [0.15, 0.2) is 24.3 Å². The van der Waals surface area contributed by atoms with Gasteiger partial charge in [0.1, 0.15) is 5.60 Å². The van der Waals surface area contributed by atoms with Crippen molar-refractivity contribution in [1.82, 2.24) is 10.6 Å². The monoisotopic (exact) mass is 292 g/mol. The van der Waals surface area contributed by atoms with Crippen molar-refractivity contribution >= 4 is 6.09 Å². The maximum atomic E-state index is 11.5. The molecule has 0 aromatic heterocycles. The number of alkyl carbamates (subject to hydrolysis) is 1. The lowest BCUT2D eigenvalue weighted by molar-refractivity contribution is 0.0527. The summed E-state index contributed by atoms with van der Waals surface area (Å²) >= 11 is 0. The zero-order valence-electron chi connectivity index (χ0n) is 13.8. The zero-order valence-corrected chi connectivity index (χ0v) is 13.8. The fraction of sp³-hybridized carbons (Fsp3) is 0.588. The smallest absolute Gasteiger partial charge is 0.407 e. The second-order valence-electron chi connectivity index (χ2n) is 6.31. The Kier molecular flexibility index (Phi) is 6.69. The Hall–Kier alpha value is -1.55. The highest BCUT2D eigenvalue weighted by molar-refractivity contribution is 5.67. The summed E-state index contributed by atoms with van der Waals surface area (Å²) in [6, 6.07) is 8.69. The van der Waals surface area contributed by atoms with E-state index in [9.17, 15) is 4.79 Å². The molecule has 0 spiro atoms. The third-order valence-corrected chi connectivity index (χ3v) is 3.13. The summed E-state index contributed by atoms with van der Waals surface area (Å²) in [7, 11) is 0. The fourth-order valence-electron chi connectivity index (χ4n) is 2.09. The van der Waals surface area contributed by atoms with Crippen LogP contribution in [0.4, 0.5) is 4.79 Å². The average Bonchev–Trinajstić information content (AvgIpc) is 2.36. The number of hydrogen-bond acceptors (Lipinski definition) is 3. The van der Waals surface area contributed by atoms with Gasteiger partial charge in [0.15, 0.2) is 0 Å². The minimum absolute atomic E-state index is 0.313. The number of benzene rings is 1. The molecule has 0 aliphatic heterocycles. The summed E-state index contributed by atoms with van der Waals surface area (Å²) in [5, 5.41) is 6.23. The van der Waals surface area contributed by atoms with Gasteiger partial charge in [-0.3, -0.25) is 0 Å². The largest absolute Gasteiger partial charge is 0.444 e. The molecule has 1 atom stereocenters. The molecule has 1 rings (SSSR count). The maximum Gasteiger partial charge on any atom is 0.407 e. The van der Waals surface area contributed by atoms with Crippen LogP contribution in [0.3, 0.4) is 0 Å².